The van der Waals surface area contributed by atoms with Gasteiger partial charge in [-0.1, -0.05) is 5.92 Å². The molecule has 0 aromatic rings. The van der Waals surface area contributed by atoms with Crippen LogP contribution in [0, 0.1) is 11.8 Å². The Kier molecular flexibility index (Phi) is 2.94. The zero-order chi connectivity index (χ0) is 8.10. The summed E-state index contributed by atoms with van der Waals surface area (Å²) < 4.78 is 4.75. The van der Waals surface area contributed by atoms with Gasteiger partial charge in [-0.25, -0.2) is 0 Å². The molecule has 3 nitrogen and oxygen atoms in total. The van der Waals surface area contributed by atoms with Crippen LogP contribution in [0.4, 0.5) is 0 Å². The maximum atomic E-state index is 10.8. The van der Waals surface area contributed by atoms with Gasteiger partial charge >= 0.3 is 5.97 Å². The van der Waals surface area contributed by atoms with Crippen molar-refractivity contribution < 1.29 is 9.53 Å². The van der Waals surface area contributed by atoms with E-state index in [1.807, 2.05) is 0 Å². The lowest BCUT2D eigenvalue weighted by atomic mass is 10.2. The van der Waals surface area contributed by atoms with Gasteiger partial charge in [0.25, 0.3) is 0 Å². The van der Waals surface area contributed by atoms with E-state index in [1.165, 1.54) is 0 Å². The number of carbonyl (C=O) groups is 1. The quantitative estimate of drug-likeness (QED) is 0.445. The maximum Gasteiger partial charge on any atom is 0.323 e. The molecule has 1 saturated heterocycles. The van der Waals surface area contributed by atoms with Gasteiger partial charge in [0, 0.05) is 6.42 Å². The number of carbonyl (C=O) groups excluding carboxylic acids is 1. The van der Waals surface area contributed by atoms with Gasteiger partial charge in [-0.2, -0.15) is 0 Å². The molecule has 0 amide bonds. The van der Waals surface area contributed by atoms with Gasteiger partial charge in [0.2, 0.25) is 0 Å². The van der Waals surface area contributed by atoms with Gasteiger partial charge in [0.15, 0.2) is 0 Å². The van der Waals surface area contributed by atoms with Gasteiger partial charge in [0.1, 0.15) is 6.04 Å². The second kappa shape index (κ2) is 3.99. The Hall–Kier alpha value is -1.01. The SMILES string of the molecule is CC#CCNC1CCOC1=O. The minimum atomic E-state index is -0.150. The van der Waals surface area contributed by atoms with Gasteiger partial charge in [-0.3, -0.25) is 10.1 Å². The molecule has 0 bridgehead atoms. The summed E-state index contributed by atoms with van der Waals surface area (Å²) >= 11 is 0. The molecule has 1 rings (SSSR count). The lowest BCUT2D eigenvalue weighted by molar-refractivity contribution is -0.139. The second-order valence-corrected chi connectivity index (χ2v) is 2.32. The number of rotatable bonds is 2. The van der Waals surface area contributed by atoms with Crippen molar-refractivity contribution in [2.45, 2.75) is 19.4 Å². The topological polar surface area (TPSA) is 38.3 Å². The maximum absolute atomic E-state index is 10.8. The summed E-state index contributed by atoms with van der Waals surface area (Å²) in [5, 5.41) is 2.98. The molecule has 1 aliphatic heterocycles. The molecule has 0 saturated carbocycles. The number of hydrogen-bond donors (Lipinski definition) is 1. The van der Waals surface area contributed by atoms with Crippen LogP contribution in [-0.2, 0) is 9.53 Å². The van der Waals surface area contributed by atoms with Crippen molar-refractivity contribution in [2.24, 2.45) is 0 Å². The first kappa shape index (κ1) is 8.09. The van der Waals surface area contributed by atoms with Crippen molar-refractivity contribution in [3.63, 3.8) is 0 Å². The summed E-state index contributed by atoms with van der Waals surface area (Å²) in [6, 6.07) is -0.129. The number of cyclic esters (lactones) is 1. The highest BCUT2D eigenvalue weighted by Crippen LogP contribution is 2.04. The summed E-state index contributed by atoms with van der Waals surface area (Å²) in [4.78, 5) is 10.8. The van der Waals surface area contributed by atoms with Gasteiger partial charge < -0.3 is 4.74 Å². The van der Waals surface area contributed by atoms with Crippen molar-refractivity contribution in [3.05, 3.63) is 0 Å². The average molecular weight is 153 g/mol. The van der Waals surface area contributed by atoms with Crippen molar-refractivity contribution in [1.82, 2.24) is 5.32 Å². The van der Waals surface area contributed by atoms with E-state index in [0.717, 1.165) is 6.42 Å². The molecule has 1 N–H and O–H groups in total. The first-order valence-corrected chi connectivity index (χ1v) is 3.64. The minimum Gasteiger partial charge on any atom is -0.464 e. The Morgan fingerprint density at radius 3 is 3.18 bits per heavy atom. The molecular formula is C8H11NO2. The molecule has 0 aliphatic carbocycles. The lowest BCUT2D eigenvalue weighted by Gasteiger charge is -2.02. The molecule has 1 atom stereocenters. The molecule has 1 heterocycles. The Balaban J connectivity index is 2.24. The molecule has 1 aliphatic rings. The predicted octanol–water partition coefficient (Wildman–Crippen LogP) is -0.0852. The zero-order valence-corrected chi connectivity index (χ0v) is 6.52. The molecular weight excluding hydrogens is 142 g/mol. The summed E-state index contributed by atoms with van der Waals surface area (Å²) in [6.45, 7) is 2.88. The van der Waals surface area contributed by atoms with E-state index in [2.05, 4.69) is 17.2 Å². The van der Waals surface area contributed by atoms with E-state index in [1.54, 1.807) is 6.92 Å². The number of esters is 1. The fourth-order valence-corrected chi connectivity index (χ4v) is 0.944. The molecule has 0 radical (unpaired) electrons. The normalized spacial score (nSPS) is 22.3. The van der Waals surface area contributed by atoms with Crippen LogP contribution >= 0.6 is 0 Å². The molecule has 1 unspecified atom stereocenters. The van der Waals surface area contributed by atoms with E-state index >= 15 is 0 Å². The molecule has 3 heteroatoms. The van der Waals surface area contributed by atoms with Crippen LogP contribution in [-0.4, -0.2) is 25.2 Å². The van der Waals surface area contributed by atoms with E-state index in [9.17, 15) is 4.79 Å². The third kappa shape index (κ3) is 2.24. The third-order valence-corrected chi connectivity index (χ3v) is 1.55. The minimum absolute atomic E-state index is 0.129. The predicted molar refractivity (Wildman–Crippen MR) is 40.8 cm³/mol. The van der Waals surface area contributed by atoms with Crippen molar-refractivity contribution in [3.8, 4) is 11.8 Å². The summed E-state index contributed by atoms with van der Waals surface area (Å²) in [7, 11) is 0. The summed E-state index contributed by atoms with van der Waals surface area (Å²) in [5.41, 5.74) is 0. The van der Waals surface area contributed by atoms with Crippen LogP contribution in [0.5, 0.6) is 0 Å². The fraction of sp³-hybridized carbons (Fsp3) is 0.625. The van der Waals surface area contributed by atoms with Gasteiger partial charge in [-0.05, 0) is 6.92 Å². The monoisotopic (exact) mass is 153 g/mol. The zero-order valence-electron chi connectivity index (χ0n) is 6.52. The highest BCUT2D eigenvalue weighted by molar-refractivity contribution is 5.77. The van der Waals surface area contributed by atoms with Crippen LogP contribution in [0.1, 0.15) is 13.3 Å². The van der Waals surface area contributed by atoms with Crippen molar-refractivity contribution in [2.75, 3.05) is 13.2 Å². The van der Waals surface area contributed by atoms with E-state index in [4.69, 9.17) is 4.74 Å². The first-order chi connectivity index (χ1) is 5.34. The summed E-state index contributed by atoms with van der Waals surface area (Å²) in [5.74, 6) is 5.42. The second-order valence-electron chi connectivity index (χ2n) is 2.32. The molecule has 1 fully saturated rings. The van der Waals surface area contributed by atoms with Gasteiger partial charge in [-0.15, -0.1) is 5.92 Å². The van der Waals surface area contributed by atoms with Crippen LogP contribution in [0.15, 0.2) is 0 Å². The van der Waals surface area contributed by atoms with Crippen LogP contribution in [0.3, 0.4) is 0 Å². The van der Waals surface area contributed by atoms with Crippen molar-refractivity contribution in [1.29, 1.82) is 0 Å². The Bertz CT molecular complexity index is 202. The van der Waals surface area contributed by atoms with E-state index < -0.39 is 0 Å². The highest BCUT2D eigenvalue weighted by atomic mass is 16.5. The molecule has 0 aromatic heterocycles. The van der Waals surface area contributed by atoms with Crippen LogP contribution in [0.25, 0.3) is 0 Å². The molecule has 0 spiro atoms. The van der Waals surface area contributed by atoms with E-state index in [0.29, 0.717) is 13.2 Å². The van der Waals surface area contributed by atoms with Gasteiger partial charge in [0.05, 0.1) is 13.2 Å². The standard InChI is InChI=1S/C8H11NO2/c1-2-3-5-9-7-4-6-11-8(7)10/h7,9H,4-6H2,1H3. The Morgan fingerprint density at radius 2 is 2.64 bits per heavy atom. The smallest absolute Gasteiger partial charge is 0.323 e. The Morgan fingerprint density at radius 1 is 1.82 bits per heavy atom. The molecule has 0 aromatic carbocycles. The van der Waals surface area contributed by atoms with E-state index in [-0.39, 0.29) is 12.0 Å². The number of nitrogens with one attached hydrogen (secondary N) is 1. The Labute approximate surface area is 66.1 Å². The number of ether oxygens (including phenoxy) is 1. The average Bonchev–Trinajstić information content (AvgIpc) is 2.37. The largest absolute Gasteiger partial charge is 0.464 e. The first-order valence-electron chi connectivity index (χ1n) is 3.64. The fourth-order valence-electron chi connectivity index (χ4n) is 0.944. The van der Waals surface area contributed by atoms with Crippen LogP contribution < -0.4 is 5.32 Å². The number of hydrogen-bond acceptors (Lipinski definition) is 3. The lowest BCUT2D eigenvalue weighted by Crippen LogP contribution is -2.33. The molecule has 11 heavy (non-hydrogen) atoms. The van der Waals surface area contributed by atoms with Crippen molar-refractivity contribution >= 4 is 5.97 Å². The third-order valence-electron chi connectivity index (χ3n) is 1.55. The summed E-state index contributed by atoms with van der Waals surface area (Å²) in [6.07, 6.45) is 0.768. The van der Waals surface area contributed by atoms with Crippen LogP contribution in [0.2, 0.25) is 0 Å². The molecule has 60 valence electrons. The highest BCUT2D eigenvalue weighted by Gasteiger charge is 2.24.